The van der Waals surface area contributed by atoms with Crippen LogP contribution in [0.4, 0.5) is 34.1 Å². The summed E-state index contributed by atoms with van der Waals surface area (Å²) in [5.41, 5.74) is 17.6. The van der Waals surface area contributed by atoms with Crippen LogP contribution in [0, 0.1) is 20.8 Å². The van der Waals surface area contributed by atoms with Gasteiger partial charge in [0.15, 0.2) is 0 Å². The molecule has 0 heterocycles. The van der Waals surface area contributed by atoms with Crippen LogP contribution < -0.4 is 9.80 Å². The zero-order valence-corrected chi connectivity index (χ0v) is 30.9. The fourth-order valence-electron chi connectivity index (χ4n) is 8.59. The maximum atomic E-state index is 2.45. The summed E-state index contributed by atoms with van der Waals surface area (Å²) < 4.78 is 0. The highest BCUT2D eigenvalue weighted by Crippen LogP contribution is 2.57. The van der Waals surface area contributed by atoms with Crippen LogP contribution in [0.5, 0.6) is 0 Å². The number of benzene rings is 8. The minimum absolute atomic E-state index is 0.480. The summed E-state index contributed by atoms with van der Waals surface area (Å²) in [5.74, 6) is 0. The van der Waals surface area contributed by atoms with Gasteiger partial charge < -0.3 is 9.80 Å². The molecule has 0 aliphatic heterocycles. The average Bonchev–Trinajstić information content (AvgIpc) is 3.50. The van der Waals surface area contributed by atoms with Crippen molar-refractivity contribution in [1.29, 1.82) is 0 Å². The molecule has 0 fully saturated rings. The van der Waals surface area contributed by atoms with Crippen molar-refractivity contribution in [1.82, 2.24) is 0 Å². The summed E-state index contributed by atoms with van der Waals surface area (Å²) in [5, 5.41) is 0. The lowest BCUT2D eigenvalue weighted by Gasteiger charge is -2.35. The van der Waals surface area contributed by atoms with E-state index < -0.39 is 5.41 Å². The van der Waals surface area contributed by atoms with Gasteiger partial charge in [0, 0.05) is 34.1 Å². The molecular weight excluding hydrogens is 653 g/mol. The second kappa shape index (κ2) is 13.7. The molecule has 0 saturated heterocycles. The predicted molar refractivity (Wildman–Crippen MR) is 227 cm³/mol. The van der Waals surface area contributed by atoms with Gasteiger partial charge in [0.05, 0.1) is 5.41 Å². The average molecular weight is 695 g/mol. The van der Waals surface area contributed by atoms with E-state index in [1.807, 2.05) is 0 Å². The molecule has 1 aliphatic rings. The number of hydrogen-bond acceptors (Lipinski definition) is 2. The molecule has 8 aromatic rings. The lowest BCUT2D eigenvalue weighted by molar-refractivity contribution is 0.768. The smallest absolute Gasteiger partial charge is 0.0714 e. The highest BCUT2D eigenvalue weighted by molar-refractivity contribution is 5.90. The normalized spacial score (nSPS) is 12.5. The first-order valence-corrected chi connectivity index (χ1v) is 18.8. The van der Waals surface area contributed by atoms with Crippen LogP contribution in [-0.2, 0) is 5.41 Å². The SMILES string of the molecule is Cc1cccc(N(c2ccc(N(c3ccccc3)c3cccc(C)c3)c(C)c2)c2ccc3c(c2)C(c2ccccc2)(c2ccccc2)c2ccccc2-3)c1. The minimum Gasteiger partial charge on any atom is -0.310 e. The second-order valence-electron chi connectivity index (χ2n) is 14.4. The van der Waals surface area contributed by atoms with Crippen molar-refractivity contribution in [2.45, 2.75) is 26.2 Å². The number of aryl methyl sites for hydroxylation is 3. The summed E-state index contributed by atoms with van der Waals surface area (Å²) in [6.45, 7) is 6.56. The Balaban J connectivity index is 1.25. The van der Waals surface area contributed by atoms with Crippen molar-refractivity contribution in [3.63, 3.8) is 0 Å². The molecule has 2 nitrogen and oxygen atoms in total. The molecule has 0 N–H and O–H groups in total. The molecule has 260 valence electrons. The number of nitrogens with zero attached hydrogens (tertiary/aromatic N) is 2. The van der Waals surface area contributed by atoms with Gasteiger partial charge in [-0.15, -0.1) is 0 Å². The van der Waals surface area contributed by atoms with Gasteiger partial charge in [-0.1, -0.05) is 133 Å². The minimum atomic E-state index is -0.480. The van der Waals surface area contributed by atoms with E-state index >= 15 is 0 Å². The number of fused-ring (bicyclic) bond motifs is 3. The highest BCUT2D eigenvalue weighted by Gasteiger charge is 2.46. The van der Waals surface area contributed by atoms with E-state index in [1.165, 1.54) is 50.1 Å². The maximum Gasteiger partial charge on any atom is 0.0714 e. The van der Waals surface area contributed by atoms with E-state index in [2.05, 4.69) is 231 Å². The largest absolute Gasteiger partial charge is 0.310 e. The van der Waals surface area contributed by atoms with E-state index in [4.69, 9.17) is 0 Å². The standard InChI is InChI=1S/C52H42N2/c1-37-17-15-25-43(33-37)53(45-30-32-51(39(3)35-45)54(42-23-11-6-12-24-42)44-26-16-18-38(2)34-44)46-29-31-48-47-27-13-14-28-49(47)52(50(48)36-46,40-19-7-4-8-20-40)41-21-9-5-10-22-41/h4-36H,1-3H3. The zero-order chi connectivity index (χ0) is 36.6. The Bertz CT molecular complexity index is 2550. The Morgan fingerprint density at radius 1 is 0.333 bits per heavy atom. The molecule has 0 atom stereocenters. The molecule has 0 amide bonds. The molecule has 8 aromatic carbocycles. The Morgan fingerprint density at radius 3 is 1.43 bits per heavy atom. The third kappa shape index (κ3) is 5.59. The fourth-order valence-corrected chi connectivity index (χ4v) is 8.59. The number of rotatable bonds is 8. The zero-order valence-electron chi connectivity index (χ0n) is 30.9. The summed E-state index contributed by atoms with van der Waals surface area (Å²) >= 11 is 0. The summed E-state index contributed by atoms with van der Waals surface area (Å²) in [6, 6.07) is 73.3. The molecule has 0 saturated carbocycles. The van der Waals surface area contributed by atoms with Crippen molar-refractivity contribution in [2.75, 3.05) is 9.80 Å². The van der Waals surface area contributed by atoms with Crippen LogP contribution >= 0.6 is 0 Å². The number of para-hydroxylation sites is 1. The highest BCUT2D eigenvalue weighted by atomic mass is 15.2. The molecule has 54 heavy (non-hydrogen) atoms. The van der Waals surface area contributed by atoms with Gasteiger partial charge in [-0.25, -0.2) is 0 Å². The second-order valence-corrected chi connectivity index (χ2v) is 14.4. The molecular formula is C52H42N2. The molecule has 2 heteroatoms. The van der Waals surface area contributed by atoms with Gasteiger partial charge in [-0.3, -0.25) is 0 Å². The fraction of sp³-hybridized carbons (Fsp3) is 0.0769. The molecule has 0 unspecified atom stereocenters. The first kappa shape index (κ1) is 33.2. The van der Waals surface area contributed by atoms with Crippen LogP contribution in [0.3, 0.4) is 0 Å². The van der Waals surface area contributed by atoms with Crippen LogP contribution in [0.15, 0.2) is 200 Å². The number of hydrogen-bond donors (Lipinski definition) is 0. The van der Waals surface area contributed by atoms with Crippen LogP contribution in [0.1, 0.15) is 38.9 Å². The summed E-state index contributed by atoms with van der Waals surface area (Å²) in [7, 11) is 0. The maximum absolute atomic E-state index is 2.45. The van der Waals surface area contributed by atoms with Crippen molar-refractivity contribution >= 4 is 34.1 Å². The van der Waals surface area contributed by atoms with Crippen LogP contribution in [-0.4, -0.2) is 0 Å². The Kier molecular flexibility index (Phi) is 8.44. The third-order valence-corrected chi connectivity index (χ3v) is 10.9. The summed E-state index contributed by atoms with van der Waals surface area (Å²) in [6.07, 6.45) is 0. The van der Waals surface area contributed by atoms with Gasteiger partial charge in [0.1, 0.15) is 0 Å². The van der Waals surface area contributed by atoms with E-state index in [1.54, 1.807) is 0 Å². The van der Waals surface area contributed by atoms with Crippen molar-refractivity contribution in [3.05, 3.63) is 239 Å². The molecule has 0 radical (unpaired) electrons. The molecule has 0 spiro atoms. The van der Waals surface area contributed by atoms with Crippen LogP contribution in [0.2, 0.25) is 0 Å². The van der Waals surface area contributed by atoms with E-state index in [9.17, 15) is 0 Å². The predicted octanol–water partition coefficient (Wildman–Crippen LogP) is 13.9. The third-order valence-electron chi connectivity index (χ3n) is 10.9. The lowest BCUT2D eigenvalue weighted by atomic mass is 9.67. The molecule has 0 bridgehead atoms. The van der Waals surface area contributed by atoms with E-state index in [-0.39, 0.29) is 0 Å². The van der Waals surface area contributed by atoms with Crippen molar-refractivity contribution < 1.29 is 0 Å². The Morgan fingerprint density at radius 2 is 0.815 bits per heavy atom. The number of anilines is 6. The monoisotopic (exact) mass is 694 g/mol. The quantitative estimate of drug-likeness (QED) is 0.156. The Labute approximate surface area is 319 Å². The first-order chi connectivity index (χ1) is 26.5. The topological polar surface area (TPSA) is 6.48 Å². The molecule has 1 aliphatic carbocycles. The molecule has 0 aromatic heterocycles. The van der Waals surface area contributed by atoms with Gasteiger partial charge in [-0.2, -0.15) is 0 Å². The van der Waals surface area contributed by atoms with Crippen LogP contribution in [0.25, 0.3) is 11.1 Å². The Hall–Kier alpha value is -6.64. The van der Waals surface area contributed by atoms with Crippen molar-refractivity contribution in [2.24, 2.45) is 0 Å². The molecule has 9 rings (SSSR count). The van der Waals surface area contributed by atoms with Gasteiger partial charge in [-0.05, 0) is 138 Å². The lowest BCUT2D eigenvalue weighted by Crippen LogP contribution is -2.28. The van der Waals surface area contributed by atoms with Gasteiger partial charge in [0.25, 0.3) is 0 Å². The van der Waals surface area contributed by atoms with Gasteiger partial charge in [0.2, 0.25) is 0 Å². The summed E-state index contributed by atoms with van der Waals surface area (Å²) in [4.78, 5) is 4.79. The first-order valence-electron chi connectivity index (χ1n) is 18.8. The van der Waals surface area contributed by atoms with E-state index in [0.717, 1.165) is 34.1 Å². The van der Waals surface area contributed by atoms with E-state index in [0.29, 0.717) is 0 Å². The van der Waals surface area contributed by atoms with Gasteiger partial charge >= 0.3 is 0 Å². The van der Waals surface area contributed by atoms with Crippen molar-refractivity contribution in [3.8, 4) is 11.1 Å².